The molecule has 3 fully saturated rings. The number of nitrogens with zero attached hydrogens (tertiary/aromatic N) is 1. The van der Waals surface area contributed by atoms with Gasteiger partial charge in [-0.25, -0.2) is 0 Å². The van der Waals surface area contributed by atoms with E-state index in [0.717, 1.165) is 25.3 Å². The molecule has 2 saturated carbocycles. The fourth-order valence-electron chi connectivity index (χ4n) is 4.01. The van der Waals surface area contributed by atoms with Crippen LogP contribution >= 0.6 is 0 Å². The van der Waals surface area contributed by atoms with Crippen LogP contribution in [-0.4, -0.2) is 42.0 Å². The molecule has 0 spiro atoms. The van der Waals surface area contributed by atoms with Crippen LogP contribution in [-0.2, 0) is 4.79 Å². The summed E-state index contributed by atoms with van der Waals surface area (Å²) in [5, 5.41) is 3.10. The van der Waals surface area contributed by atoms with Crippen molar-refractivity contribution >= 4 is 5.91 Å². The van der Waals surface area contributed by atoms with Gasteiger partial charge < -0.3 is 11.1 Å². The molecule has 0 aromatic carbocycles. The summed E-state index contributed by atoms with van der Waals surface area (Å²) in [6.45, 7) is 1.75. The number of amides is 1. The van der Waals surface area contributed by atoms with E-state index < -0.39 is 0 Å². The molecule has 1 amide bonds. The lowest BCUT2D eigenvalue weighted by Crippen LogP contribution is -2.52. The van der Waals surface area contributed by atoms with Crippen LogP contribution in [0.1, 0.15) is 51.4 Å². The van der Waals surface area contributed by atoms with Crippen LogP contribution in [0.4, 0.5) is 0 Å². The Morgan fingerprint density at radius 3 is 2.74 bits per heavy atom. The maximum absolute atomic E-state index is 12.0. The SMILES string of the molecule is NCC(CC(=O)NC1CC1)N1CCCC2CCCC21. The standard InChI is InChI=1S/C15H27N3O/c16-10-13(9-15(19)17-12-6-7-12)18-8-2-4-11-3-1-5-14(11)18/h11-14H,1-10,16H2,(H,17,19). The Hall–Kier alpha value is -0.610. The van der Waals surface area contributed by atoms with Gasteiger partial charge in [0, 0.05) is 31.1 Å². The first-order chi connectivity index (χ1) is 9.28. The van der Waals surface area contributed by atoms with Gasteiger partial charge in [-0.1, -0.05) is 6.42 Å². The molecule has 3 atom stereocenters. The van der Waals surface area contributed by atoms with Crippen LogP contribution in [0.5, 0.6) is 0 Å². The second kappa shape index (κ2) is 5.80. The summed E-state index contributed by atoms with van der Waals surface area (Å²) in [5.41, 5.74) is 5.96. The van der Waals surface area contributed by atoms with Crippen LogP contribution in [0.15, 0.2) is 0 Å². The summed E-state index contributed by atoms with van der Waals surface area (Å²) in [7, 11) is 0. The first kappa shape index (κ1) is 13.4. The lowest BCUT2D eigenvalue weighted by atomic mass is 9.90. The van der Waals surface area contributed by atoms with Crippen molar-refractivity contribution in [3.63, 3.8) is 0 Å². The van der Waals surface area contributed by atoms with E-state index in [9.17, 15) is 4.79 Å². The second-order valence-electron chi connectivity index (χ2n) is 6.57. The van der Waals surface area contributed by atoms with Crippen LogP contribution in [0.3, 0.4) is 0 Å². The Bertz CT molecular complexity index is 329. The zero-order chi connectivity index (χ0) is 13.2. The van der Waals surface area contributed by atoms with E-state index in [1.807, 2.05) is 0 Å². The van der Waals surface area contributed by atoms with Gasteiger partial charge >= 0.3 is 0 Å². The van der Waals surface area contributed by atoms with Crippen molar-refractivity contribution < 1.29 is 4.79 Å². The monoisotopic (exact) mass is 265 g/mol. The van der Waals surface area contributed by atoms with E-state index in [1.165, 1.54) is 32.1 Å². The minimum atomic E-state index is 0.207. The fraction of sp³-hybridized carbons (Fsp3) is 0.933. The molecule has 2 aliphatic carbocycles. The number of nitrogens with one attached hydrogen (secondary N) is 1. The smallest absolute Gasteiger partial charge is 0.221 e. The minimum Gasteiger partial charge on any atom is -0.353 e. The molecule has 0 aromatic heterocycles. The molecule has 0 radical (unpaired) electrons. The van der Waals surface area contributed by atoms with Crippen molar-refractivity contribution in [2.24, 2.45) is 11.7 Å². The van der Waals surface area contributed by atoms with Gasteiger partial charge in [-0.05, 0) is 51.0 Å². The topological polar surface area (TPSA) is 58.4 Å². The van der Waals surface area contributed by atoms with Gasteiger partial charge in [-0.15, -0.1) is 0 Å². The van der Waals surface area contributed by atoms with E-state index >= 15 is 0 Å². The van der Waals surface area contributed by atoms with Crippen LogP contribution in [0, 0.1) is 5.92 Å². The minimum absolute atomic E-state index is 0.207. The van der Waals surface area contributed by atoms with Gasteiger partial charge in [-0.2, -0.15) is 0 Å². The van der Waals surface area contributed by atoms with Crippen molar-refractivity contribution in [3.8, 4) is 0 Å². The summed E-state index contributed by atoms with van der Waals surface area (Å²) < 4.78 is 0. The summed E-state index contributed by atoms with van der Waals surface area (Å²) in [5.74, 6) is 1.08. The second-order valence-corrected chi connectivity index (χ2v) is 6.57. The Balaban J connectivity index is 1.58. The molecule has 19 heavy (non-hydrogen) atoms. The Morgan fingerprint density at radius 2 is 2.00 bits per heavy atom. The molecule has 1 saturated heterocycles. The Morgan fingerprint density at radius 1 is 1.21 bits per heavy atom. The number of hydrogen-bond donors (Lipinski definition) is 2. The predicted molar refractivity (Wildman–Crippen MR) is 75.7 cm³/mol. The molecule has 3 aliphatic rings. The molecule has 3 rings (SSSR count). The van der Waals surface area contributed by atoms with Crippen molar-refractivity contribution in [2.75, 3.05) is 13.1 Å². The molecule has 3 unspecified atom stereocenters. The molecule has 3 N–H and O–H groups in total. The van der Waals surface area contributed by atoms with E-state index in [-0.39, 0.29) is 11.9 Å². The average Bonchev–Trinajstić information content (AvgIpc) is 3.08. The number of nitrogens with two attached hydrogens (primary N) is 1. The number of hydrogen-bond acceptors (Lipinski definition) is 3. The first-order valence-electron chi connectivity index (χ1n) is 8.03. The fourth-order valence-corrected chi connectivity index (χ4v) is 4.01. The molecule has 4 nitrogen and oxygen atoms in total. The molecule has 1 heterocycles. The number of fused-ring (bicyclic) bond motifs is 1. The molecule has 4 heteroatoms. The molecule has 0 bridgehead atoms. The quantitative estimate of drug-likeness (QED) is 0.786. The molecule has 0 aromatic rings. The van der Waals surface area contributed by atoms with Gasteiger partial charge in [0.25, 0.3) is 0 Å². The molecular formula is C15H27N3O. The van der Waals surface area contributed by atoms with E-state index in [1.54, 1.807) is 0 Å². The summed E-state index contributed by atoms with van der Waals surface area (Å²) in [4.78, 5) is 14.6. The van der Waals surface area contributed by atoms with Gasteiger partial charge in [-0.3, -0.25) is 9.69 Å². The number of likely N-dealkylation sites (tertiary alicyclic amines) is 1. The zero-order valence-electron chi connectivity index (χ0n) is 11.8. The lowest BCUT2D eigenvalue weighted by molar-refractivity contribution is -0.122. The van der Waals surface area contributed by atoms with Crippen molar-refractivity contribution in [1.29, 1.82) is 0 Å². The van der Waals surface area contributed by atoms with Crippen molar-refractivity contribution in [2.45, 2.75) is 69.5 Å². The third kappa shape index (κ3) is 3.11. The first-order valence-corrected chi connectivity index (χ1v) is 8.03. The van der Waals surface area contributed by atoms with Crippen LogP contribution in [0.25, 0.3) is 0 Å². The maximum atomic E-state index is 12.0. The third-order valence-electron chi connectivity index (χ3n) is 5.14. The van der Waals surface area contributed by atoms with Crippen molar-refractivity contribution in [3.05, 3.63) is 0 Å². The normalized spacial score (nSPS) is 32.9. The summed E-state index contributed by atoms with van der Waals surface area (Å²) in [6, 6.07) is 1.42. The average molecular weight is 265 g/mol. The van der Waals surface area contributed by atoms with Gasteiger partial charge in [0.05, 0.1) is 0 Å². The Kier molecular flexibility index (Phi) is 4.08. The highest BCUT2D eigenvalue weighted by atomic mass is 16.1. The number of carbonyl (C=O) groups is 1. The highest BCUT2D eigenvalue weighted by Crippen LogP contribution is 2.38. The van der Waals surface area contributed by atoms with Gasteiger partial charge in [0.15, 0.2) is 0 Å². The third-order valence-corrected chi connectivity index (χ3v) is 5.14. The Labute approximate surface area is 116 Å². The summed E-state index contributed by atoms with van der Waals surface area (Å²) >= 11 is 0. The largest absolute Gasteiger partial charge is 0.353 e. The number of piperidine rings is 1. The number of carbonyl (C=O) groups excluding carboxylic acids is 1. The van der Waals surface area contributed by atoms with Gasteiger partial charge in [0.2, 0.25) is 5.91 Å². The van der Waals surface area contributed by atoms with Crippen LogP contribution < -0.4 is 11.1 Å². The van der Waals surface area contributed by atoms with E-state index in [0.29, 0.717) is 25.0 Å². The highest BCUT2D eigenvalue weighted by molar-refractivity contribution is 5.77. The van der Waals surface area contributed by atoms with Gasteiger partial charge in [0.1, 0.15) is 0 Å². The highest BCUT2D eigenvalue weighted by Gasteiger charge is 2.38. The summed E-state index contributed by atoms with van der Waals surface area (Å²) in [6.07, 6.45) is 9.63. The van der Waals surface area contributed by atoms with E-state index in [4.69, 9.17) is 5.73 Å². The maximum Gasteiger partial charge on any atom is 0.221 e. The molecule has 1 aliphatic heterocycles. The number of rotatable bonds is 5. The predicted octanol–water partition coefficient (Wildman–Crippen LogP) is 1.25. The van der Waals surface area contributed by atoms with Crippen LogP contribution in [0.2, 0.25) is 0 Å². The van der Waals surface area contributed by atoms with E-state index in [2.05, 4.69) is 10.2 Å². The molecular weight excluding hydrogens is 238 g/mol. The zero-order valence-corrected chi connectivity index (χ0v) is 11.8. The molecule has 108 valence electrons. The van der Waals surface area contributed by atoms with Crippen molar-refractivity contribution in [1.82, 2.24) is 10.2 Å². The lowest BCUT2D eigenvalue weighted by Gasteiger charge is -2.42.